The molecule has 14 heteroatoms. The summed E-state index contributed by atoms with van der Waals surface area (Å²) in [6, 6.07) is 21.6. The Bertz CT molecular complexity index is 2380. The second-order valence-electron chi connectivity index (χ2n) is 19.5. The van der Waals surface area contributed by atoms with Crippen LogP contribution in [-0.2, 0) is 48.5 Å². The first-order valence-electron chi connectivity index (χ1n) is 24.5. The van der Waals surface area contributed by atoms with Gasteiger partial charge < -0.3 is 44.5 Å². The fourth-order valence-electron chi connectivity index (χ4n) is 11.1. The van der Waals surface area contributed by atoms with Crippen molar-refractivity contribution in [3.63, 3.8) is 0 Å². The van der Waals surface area contributed by atoms with Gasteiger partial charge in [-0.25, -0.2) is 9.59 Å². The van der Waals surface area contributed by atoms with Crippen molar-refractivity contribution in [2.45, 2.75) is 126 Å². The Balaban J connectivity index is 0.895. The number of carbonyl (C=O) groups is 3. The highest BCUT2D eigenvalue weighted by molar-refractivity contribution is 6.30. The van der Waals surface area contributed by atoms with Gasteiger partial charge in [0.2, 0.25) is 5.91 Å². The number of nitrogens with zero attached hydrogens (tertiary/aromatic N) is 1. The monoisotopic (exact) mass is 951 g/mol. The summed E-state index contributed by atoms with van der Waals surface area (Å²) in [5, 5.41) is 27.4. The molecule has 1 aliphatic heterocycles. The number of carbonyl (C=O) groups excluding carboxylic acids is 1. The minimum Gasteiger partial charge on any atom is -0.494 e. The van der Waals surface area contributed by atoms with E-state index >= 15 is 0 Å². The molecule has 1 spiro atoms. The van der Waals surface area contributed by atoms with Crippen molar-refractivity contribution in [2.75, 3.05) is 45.0 Å². The second-order valence-corrected chi connectivity index (χ2v) is 19.9. The molecule has 4 aliphatic rings. The van der Waals surface area contributed by atoms with E-state index in [4.69, 9.17) is 35.3 Å². The van der Waals surface area contributed by atoms with Crippen LogP contribution in [0.25, 0.3) is 0 Å². The molecule has 1 saturated heterocycles. The number of pyridine rings is 1. The number of aryl methyl sites for hydroxylation is 1. The predicted molar refractivity (Wildman–Crippen MR) is 259 cm³/mol. The largest absolute Gasteiger partial charge is 0.494 e. The van der Waals surface area contributed by atoms with E-state index in [1.54, 1.807) is 18.2 Å². The Morgan fingerprint density at radius 2 is 1.75 bits per heavy atom. The number of nitrogens with one attached hydrogen (secondary N) is 2. The number of anilines is 1. The number of ether oxygens (including phenoxy) is 5. The molecule has 364 valence electrons. The third-order valence-electron chi connectivity index (χ3n) is 14.6. The lowest BCUT2D eigenvalue weighted by Gasteiger charge is -2.47. The highest BCUT2D eigenvalue weighted by Crippen LogP contribution is 2.57. The number of carboxylic acids is 2. The van der Waals surface area contributed by atoms with E-state index in [0.717, 1.165) is 49.1 Å². The maximum Gasteiger partial charge on any atom is 0.329 e. The number of aromatic nitrogens is 1. The quantitative estimate of drug-likeness (QED) is 0.0584. The molecule has 2 heterocycles. The lowest BCUT2D eigenvalue weighted by molar-refractivity contribution is -0.144. The lowest BCUT2D eigenvalue weighted by atomic mass is 9.59. The number of carboxylic acid groups (broad SMARTS) is 2. The molecule has 5 atom stereocenters. The number of benzene rings is 3. The molecule has 3 aliphatic carbocycles. The van der Waals surface area contributed by atoms with Crippen LogP contribution in [0.1, 0.15) is 112 Å². The molecule has 0 bridgehead atoms. The Kier molecular flexibility index (Phi) is 16.1. The average molecular weight is 953 g/mol. The fourth-order valence-corrected chi connectivity index (χ4v) is 11.3. The van der Waals surface area contributed by atoms with Gasteiger partial charge in [-0.15, -0.1) is 0 Å². The molecule has 1 amide bonds. The zero-order valence-corrected chi connectivity index (χ0v) is 40.1. The van der Waals surface area contributed by atoms with E-state index in [0.29, 0.717) is 99.7 Å². The molecule has 8 rings (SSSR count). The normalized spacial score (nSPS) is 24.0. The highest BCUT2D eigenvalue weighted by atomic mass is 35.5. The SMILES string of the molecule is C[C@@H](COc1ccnc2c1[C@H](C)CCC2)C[C@H]1Cc2ccc(OCCCC(=O)N[C@H](Cc3cccc(OCC[C@H]4COCCO4)c3)C(=O)O)cc2C12CCC(Nc1cccc(Cl)c1)(C(=O)O)CC2. The standard InChI is InChI=1S/C54H66ClN3O10/c1-35(33-68-48-16-22-56-46-12-3-7-36(2)50(46)48)27-39-30-38-14-15-43(32-45(38)53(39)18-20-54(21-19-53,52(62)63)58-41-10-5-9-40(55)31-41)65-23-6-13-49(59)57-47(51(60)61)29-37-8-4-11-42(28-37)66-24-17-44-34-64-25-26-67-44/h4-5,8-11,14-16,22,28,31-32,35-36,39,44,47,58H,3,6-7,12-13,17-21,23-27,29-30,33-34H2,1-2H3,(H,57,59)(H,60,61)(H,62,63)/t35-,36-,39+,44+,47-,53?,54?/m1/s1. The molecule has 0 unspecified atom stereocenters. The van der Waals surface area contributed by atoms with Crippen LogP contribution >= 0.6 is 11.6 Å². The molecule has 4 aromatic rings. The van der Waals surface area contributed by atoms with Crippen LogP contribution in [0.2, 0.25) is 5.02 Å². The Morgan fingerprint density at radius 3 is 2.53 bits per heavy atom. The molecule has 1 aromatic heterocycles. The first-order chi connectivity index (χ1) is 32.9. The van der Waals surface area contributed by atoms with Gasteiger partial charge in [0, 0.05) is 47.4 Å². The summed E-state index contributed by atoms with van der Waals surface area (Å²) >= 11 is 6.32. The van der Waals surface area contributed by atoms with Crippen molar-refractivity contribution in [3.05, 3.63) is 112 Å². The smallest absolute Gasteiger partial charge is 0.329 e. The van der Waals surface area contributed by atoms with Crippen molar-refractivity contribution in [1.82, 2.24) is 10.3 Å². The minimum atomic E-state index is -1.15. The van der Waals surface area contributed by atoms with Gasteiger partial charge in [0.25, 0.3) is 0 Å². The van der Waals surface area contributed by atoms with Crippen molar-refractivity contribution in [2.24, 2.45) is 11.8 Å². The predicted octanol–water partition coefficient (Wildman–Crippen LogP) is 9.36. The molecule has 0 radical (unpaired) electrons. The van der Waals surface area contributed by atoms with Gasteiger partial charge >= 0.3 is 11.9 Å². The maximum absolute atomic E-state index is 13.1. The number of halogens is 1. The van der Waals surface area contributed by atoms with Gasteiger partial charge in [0.15, 0.2) is 0 Å². The molecule has 1 saturated carbocycles. The average Bonchev–Trinajstić information content (AvgIpc) is 3.61. The highest BCUT2D eigenvalue weighted by Gasteiger charge is 2.54. The van der Waals surface area contributed by atoms with Gasteiger partial charge in [-0.2, -0.15) is 0 Å². The zero-order chi connectivity index (χ0) is 47.7. The van der Waals surface area contributed by atoms with Crippen LogP contribution in [0.5, 0.6) is 17.2 Å². The summed E-state index contributed by atoms with van der Waals surface area (Å²) in [7, 11) is 0. The van der Waals surface area contributed by atoms with E-state index < -0.39 is 23.5 Å². The fraction of sp³-hybridized carbons (Fsp3) is 0.519. The first-order valence-corrected chi connectivity index (χ1v) is 24.8. The van der Waals surface area contributed by atoms with Crippen molar-refractivity contribution in [3.8, 4) is 17.2 Å². The van der Waals surface area contributed by atoms with Gasteiger partial charge in [0.05, 0.1) is 45.7 Å². The van der Waals surface area contributed by atoms with Crippen LogP contribution in [-0.4, -0.2) is 90.4 Å². The zero-order valence-electron chi connectivity index (χ0n) is 39.3. The summed E-state index contributed by atoms with van der Waals surface area (Å²) in [6.07, 6.45) is 10.4. The number of rotatable bonds is 21. The maximum atomic E-state index is 13.1. The number of hydrogen-bond acceptors (Lipinski definition) is 10. The number of fused-ring (bicyclic) bond motifs is 3. The summed E-state index contributed by atoms with van der Waals surface area (Å²) < 4.78 is 29.9. The molecular formula is C54H66ClN3O10. The van der Waals surface area contributed by atoms with Crippen molar-refractivity contribution >= 4 is 35.1 Å². The topological polar surface area (TPSA) is 175 Å². The van der Waals surface area contributed by atoms with Gasteiger partial charge in [-0.1, -0.05) is 49.7 Å². The van der Waals surface area contributed by atoms with E-state index in [1.807, 2.05) is 48.7 Å². The molecule has 13 nitrogen and oxygen atoms in total. The third kappa shape index (κ3) is 11.9. The Morgan fingerprint density at radius 1 is 0.941 bits per heavy atom. The summed E-state index contributed by atoms with van der Waals surface area (Å²) in [6.45, 7) is 7.50. The number of amides is 1. The van der Waals surface area contributed by atoms with Crippen LogP contribution in [0.15, 0.2) is 79.0 Å². The van der Waals surface area contributed by atoms with E-state index in [1.165, 1.54) is 16.7 Å². The molecule has 68 heavy (non-hydrogen) atoms. The Labute approximate surface area is 404 Å². The summed E-state index contributed by atoms with van der Waals surface area (Å²) in [4.78, 5) is 43.1. The van der Waals surface area contributed by atoms with Crippen LogP contribution in [0, 0.1) is 11.8 Å². The molecule has 2 fully saturated rings. The first kappa shape index (κ1) is 49.1. The second kappa shape index (κ2) is 22.4. The van der Waals surface area contributed by atoms with E-state index in [-0.39, 0.29) is 48.7 Å². The van der Waals surface area contributed by atoms with E-state index in [2.05, 4.69) is 41.6 Å². The summed E-state index contributed by atoms with van der Waals surface area (Å²) in [5.74, 6) is 0.795. The van der Waals surface area contributed by atoms with Crippen LogP contribution in [0.3, 0.4) is 0 Å². The van der Waals surface area contributed by atoms with Crippen molar-refractivity contribution < 1.29 is 48.3 Å². The van der Waals surface area contributed by atoms with Gasteiger partial charge in [-0.3, -0.25) is 9.78 Å². The lowest BCUT2D eigenvalue weighted by Crippen LogP contribution is -2.53. The molecular weight excluding hydrogens is 886 g/mol. The third-order valence-corrected chi connectivity index (χ3v) is 14.9. The number of aliphatic carboxylic acids is 2. The minimum absolute atomic E-state index is 0.00813. The van der Waals surface area contributed by atoms with Crippen molar-refractivity contribution in [1.29, 1.82) is 0 Å². The Hall–Kier alpha value is -5.37. The van der Waals surface area contributed by atoms with Gasteiger partial charge in [-0.05, 0) is 153 Å². The molecule has 4 N–H and O–H groups in total. The van der Waals surface area contributed by atoms with Crippen LogP contribution < -0.4 is 24.8 Å². The number of hydrogen-bond donors (Lipinski definition) is 4. The van der Waals surface area contributed by atoms with Crippen LogP contribution in [0.4, 0.5) is 5.69 Å². The molecule has 3 aromatic carbocycles. The van der Waals surface area contributed by atoms with E-state index in [9.17, 15) is 24.6 Å². The van der Waals surface area contributed by atoms with Gasteiger partial charge in [0.1, 0.15) is 28.8 Å². The summed E-state index contributed by atoms with van der Waals surface area (Å²) in [5.41, 5.74) is 4.84.